The van der Waals surface area contributed by atoms with E-state index in [2.05, 4.69) is 15.3 Å². The molecule has 0 unspecified atom stereocenters. The summed E-state index contributed by atoms with van der Waals surface area (Å²) in [6, 6.07) is 11.2. The maximum absolute atomic E-state index is 12.7. The van der Waals surface area contributed by atoms with E-state index < -0.39 is 5.97 Å². The van der Waals surface area contributed by atoms with Gasteiger partial charge in [-0.3, -0.25) is 0 Å². The molecule has 1 aromatic carbocycles. The number of nitrogens with zero attached hydrogens (tertiary/aromatic N) is 5. The van der Waals surface area contributed by atoms with Gasteiger partial charge in [-0.1, -0.05) is 42.3 Å². The summed E-state index contributed by atoms with van der Waals surface area (Å²) in [6.45, 7) is 4.11. The molecule has 0 saturated heterocycles. The van der Waals surface area contributed by atoms with Crippen molar-refractivity contribution in [1.29, 1.82) is 0 Å². The summed E-state index contributed by atoms with van der Waals surface area (Å²) in [5.41, 5.74) is 4.27. The predicted molar refractivity (Wildman–Crippen MR) is 109 cm³/mol. The zero-order valence-electron chi connectivity index (χ0n) is 16.2. The third-order valence-corrected chi connectivity index (χ3v) is 4.73. The molecule has 3 heterocycles. The van der Waals surface area contributed by atoms with Crippen LogP contribution in [0.3, 0.4) is 0 Å². The number of fused-ring (bicyclic) bond motifs is 1. The second-order valence-corrected chi connectivity index (χ2v) is 7.24. The van der Waals surface area contributed by atoms with Crippen LogP contribution in [0.2, 0.25) is 5.02 Å². The van der Waals surface area contributed by atoms with Crippen molar-refractivity contribution in [2.45, 2.75) is 33.3 Å². The highest BCUT2D eigenvalue weighted by atomic mass is 35.5. The molecule has 0 radical (unpaired) electrons. The Kier molecular flexibility index (Phi) is 5.31. The first-order valence-electron chi connectivity index (χ1n) is 9.37. The number of halogens is 1. The van der Waals surface area contributed by atoms with Crippen LogP contribution in [-0.2, 0) is 17.8 Å². The Balaban J connectivity index is 1.56. The Morgan fingerprint density at radius 3 is 2.86 bits per heavy atom. The van der Waals surface area contributed by atoms with E-state index in [1.54, 1.807) is 16.8 Å². The summed E-state index contributed by atoms with van der Waals surface area (Å²) in [5.74, 6) is -0.519. The minimum atomic E-state index is -0.519. The number of aromatic nitrogens is 5. The zero-order valence-corrected chi connectivity index (χ0v) is 16.9. The topological polar surface area (TPSA) is 74.3 Å². The van der Waals surface area contributed by atoms with Crippen molar-refractivity contribution in [1.82, 2.24) is 24.4 Å². The maximum Gasteiger partial charge on any atom is 0.361 e. The number of hydrogen-bond acceptors (Lipinski definition) is 5. The van der Waals surface area contributed by atoms with Gasteiger partial charge in [-0.25, -0.2) is 14.5 Å². The molecule has 7 nitrogen and oxygen atoms in total. The van der Waals surface area contributed by atoms with Crippen molar-refractivity contribution in [3.8, 4) is 5.69 Å². The van der Waals surface area contributed by atoms with Crippen molar-refractivity contribution >= 4 is 23.2 Å². The number of rotatable bonds is 6. The molecule has 8 heteroatoms. The van der Waals surface area contributed by atoms with Gasteiger partial charge in [0, 0.05) is 17.4 Å². The lowest BCUT2D eigenvalue weighted by atomic mass is 10.2. The van der Waals surface area contributed by atoms with Crippen molar-refractivity contribution in [2.24, 2.45) is 0 Å². The normalized spacial score (nSPS) is 11.1. The summed E-state index contributed by atoms with van der Waals surface area (Å²) in [4.78, 5) is 17.2. The number of pyridine rings is 1. The highest BCUT2D eigenvalue weighted by Crippen LogP contribution is 2.19. The van der Waals surface area contributed by atoms with Crippen LogP contribution in [0.4, 0.5) is 0 Å². The van der Waals surface area contributed by atoms with Gasteiger partial charge < -0.3 is 9.14 Å². The Labute approximate surface area is 172 Å². The summed E-state index contributed by atoms with van der Waals surface area (Å²) >= 11 is 6.09. The molecule has 148 valence electrons. The average molecular weight is 410 g/mol. The van der Waals surface area contributed by atoms with Crippen LogP contribution in [-0.4, -0.2) is 30.3 Å². The molecular formula is C21H20ClN5O2. The molecule has 0 aliphatic heterocycles. The van der Waals surface area contributed by atoms with Crippen molar-refractivity contribution in [3.63, 3.8) is 0 Å². The second-order valence-electron chi connectivity index (χ2n) is 6.81. The molecule has 4 aromatic rings. The fourth-order valence-electron chi connectivity index (χ4n) is 3.17. The van der Waals surface area contributed by atoms with E-state index in [0.29, 0.717) is 22.8 Å². The first kappa shape index (κ1) is 19.1. The molecule has 0 spiro atoms. The Hall–Kier alpha value is -3.19. The zero-order chi connectivity index (χ0) is 20.4. The Bertz CT molecular complexity index is 1180. The molecule has 0 amide bonds. The van der Waals surface area contributed by atoms with Crippen LogP contribution in [0.1, 0.15) is 40.8 Å². The molecule has 0 bridgehead atoms. The number of aryl methyl sites for hydroxylation is 1. The number of carbonyl (C=O) groups excluding carboxylic acids is 1. The smallest absolute Gasteiger partial charge is 0.361 e. The van der Waals surface area contributed by atoms with Gasteiger partial charge in [0.05, 0.1) is 17.1 Å². The van der Waals surface area contributed by atoms with E-state index in [0.717, 1.165) is 23.3 Å². The summed E-state index contributed by atoms with van der Waals surface area (Å²) in [7, 11) is 0. The number of benzene rings is 1. The quantitative estimate of drug-likeness (QED) is 0.446. The number of carbonyl (C=O) groups is 1. The number of hydrogen-bond donors (Lipinski definition) is 0. The molecular weight excluding hydrogens is 390 g/mol. The SMILES string of the molecule is CCCc1c(C(=O)OCc2cn3cc(C)ccc3n2)nnn1-c1cccc(Cl)c1. The average Bonchev–Trinajstić information content (AvgIpc) is 3.30. The lowest BCUT2D eigenvalue weighted by Crippen LogP contribution is -2.10. The fourth-order valence-corrected chi connectivity index (χ4v) is 3.35. The van der Waals surface area contributed by atoms with Gasteiger partial charge in [0.2, 0.25) is 0 Å². The highest BCUT2D eigenvalue weighted by Gasteiger charge is 2.22. The van der Waals surface area contributed by atoms with E-state index >= 15 is 0 Å². The summed E-state index contributed by atoms with van der Waals surface area (Å²) < 4.78 is 9.03. The molecule has 0 N–H and O–H groups in total. The monoisotopic (exact) mass is 409 g/mol. The van der Waals surface area contributed by atoms with Crippen molar-refractivity contribution in [2.75, 3.05) is 0 Å². The molecule has 0 fully saturated rings. The molecule has 3 aromatic heterocycles. The van der Waals surface area contributed by atoms with Crippen molar-refractivity contribution < 1.29 is 9.53 Å². The second kappa shape index (κ2) is 8.05. The van der Waals surface area contributed by atoms with Gasteiger partial charge in [0.1, 0.15) is 12.3 Å². The number of imidazole rings is 1. The lowest BCUT2D eigenvalue weighted by molar-refractivity contribution is 0.0460. The first-order chi connectivity index (χ1) is 14.0. The Morgan fingerprint density at radius 2 is 2.07 bits per heavy atom. The van der Waals surface area contributed by atoms with E-state index in [-0.39, 0.29) is 12.3 Å². The van der Waals surface area contributed by atoms with Crippen LogP contribution < -0.4 is 0 Å². The van der Waals surface area contributed by atoms with E-state index in [1.165, 1.54) is 0 Å². The molecule has 0 aliphatic carbocycles. The molecule has 29 heavy (non-hydrogen) atoms. The van der Waals surface area contributed by atoms with Gasteiger partial charge in [-0.15, -0.1) is 5.10 Å². The van der Waals surface area contributed by atoms with E-state index in [4.69, 9.17) is 16.3 Å². The van der Waals surface area contributed by atoms with Crippen LogP contribution in [0.25, 0.3) is 11.3 Å². The van der Waals surface area contributed by atoms with Crippen LogP contribution >= 0.6 is 11.6 Å². The first-order valence-corrected chi connectivity index (χ1v) is 9.75. The minimum Gasteiger partial charge on any atom is -0.454 e. The van der Waals surface area contributed by atoms with Gasteiger partial charge in [0.15, 0.2) is 5.69 Å². The Morgan fingerprint density at radius 1 is 1.21 bits per heavy atom. The number of esters is 1. The van der Waals surface area contributed by atoms with E-state index in [1.807, 2.05) is 54.9 Å². The lowest BCUT2D eigenvalue weighted by Gasteiger charge is -2.07. The summed E-state index contributed by atoms with van der Waals surface area (Å²) in [5, 5.41) is 8.82. The van der Waals surface area contributed by atoms with Gasteiger partial charge >= 0.3 is 5.97 Å². The standard InChI is InChI=1S/C21H20ClN5O2/c1-3-5-18-20(24-25-27(18)17-7-4-6-15(22)10-17)21(28)29-13-16-12-26-11-14(2)8-9-19(26)23-16/h4,6-12H,3,5,13H2,1-2H3. The molecule has 0 aliphatic rings. The third kappa shape index (κ3) is 4.00. The minimum absolute atomic E-state index is 0.0646. The van der Waals surface area contributed by atoms with Crippen LogP contribution in [0, 0.1) is 6.92 Å². The van der Waals surface area contributed by atoms with Crippen LogP contribution in [0.15, 0.2) is 48.8 Å². The molecule has 0 saturated carbocycles. The number of ether oxygens (including phenoxy) is 1. The molecule has 4 rings (SSSR count). The maximum atomic E-state index is 12.7. The third-order valence-electron chi connectivity index (χ3n) is 4.50. The predicted octanol–water partition coefficient (Wildman–Crippen LogP) is 4.19. The fraction of sp³-hybridized carbons (Fsp3) is 0.238. The van der Waals surface area contributed by atoms with Crippen LogP contribution in [0.5, 0.6) is 0 Å². The van der Waals surface area contributed by atoms with Gasteiger partial charge in [-0.2, -0.15) is 0 Å². The van der Waals surface area contributed by atoms with Gasteiger partial charge in [0.25, 0.3) is 0 Å². The van der Waals surface area contributed by atoms with E-state index in [9.17, 15) is 4.79 Å². The van der Waals surface area contributed by atoms with Gasteiger partial charge in [-0.05, 0) is 43.2 Å². The largest absolute Gasteiger partial charge is 0.454 e. The molecule has 0 atom stereocenters. The summed E-state index contributed by atoms with van der Waals surface area (Å²) in [6.07, 6.45) is 5.30. The van der Waals surface area contributed by atoms with Crippen molar-refractivity contribution in [3.05, 3.63) is 76.5 Å². The highest BCUT2D eigenvalue weighted by molar-refractivity contribution is 6.30.